The number of rotatable bonds is 5. The minimum atomic E-state index is -0.406. The molecule has 1 heteroatoms. The SMILES string of the molecule is C=C/C=C/C(O)CC(C)(C)C=C. The van der Waals surface area contributed by atoms with Crippen LogP contribution in [0, 0.1) is 5.41 Å². The van der Waals surface area contributed by atoms with Crippen molar-refractivity contribution in [3.63, 3.8) is 0 Å². The fourth-order valence-corrected chi connectivity index (χ4v) is 0.897. The first-order chi connectivity index (χ1) is 5.52. The highest BCUT2D eigenvalue weighted by molar-refractivity contribution is 5.02. The molecule has 0 bridgehead atoms. The fourth-order valence-electron chi connectivity index (χ4n) is 0.897. The topological polar surface area (TPSA) is 20.2 Å². The van der Waals surface area contributed by atoms with Crippen molar-refractivity contribution in [1.29, 1.82) is 0 Å². The van der Waals surface area contributed by atoms with E-state index in [0.29, 0.717) is 6.42 Å². The number of hydrogen-bond acceptors (Lipinski definition) is 1. The zero-order valence-corrected chi connectivity index (χ0v) is 7.96. The summed E-state index contributed by atoms with van der Waals surface area (Å²) >= 11 is 0. The molecule has 0 aliphatic rings. The molecule has 68 valence electrons. The first-order valence-electron chi connectivity index (χ1n) is 4.13. The molecule has 0 heterocycles. The van der Waals surface area contributed by atoms with Crippen LogP contribution in [-0.2, 0) is 0 Å². The molecule has 0 aliphatic heterocycles. The van der Waals surface area contributed by atoms with Crippen molar-refractivity contribution in [2.45, 2.75) is 26.4 Å². The Morgan fingerprint density at radius 1 is 1.42 bits per heavy atom. The number of aliphatic hydroxyl groups is 1. The zero-order chi connectivity index (χ0) is 9.61. The summed E-state index contributed by atoms with van der Waals surface area (Å²) in [6.07, 6.45) is 7.29. The van der Waals surface area contributed by atoms with Crippen molar-refractivity contribution in [2.24, 2.45) is 5.41 Å². The zero-order valence-electron chi connectivity index (χ0n) is 7.96. The highest BCUT2D eigenvalue weighted by atomic mass is 16.3. The minimum absolute atomic E-state index is 0.00900. The average molecular weight is 166 g/mol. The Morgan fingerprint density at radius 2 is 2.00 bits per heavy atom. The van der Waals surface area contributed by atoms with Gasteiger partial charge in [-0.05, 0) is 11.8 Å². The maximum Gasteiger partial charge on any atom is 0.0732 e. The lowest BCUT2D eigenvalue weighted by Gasteiger charge is -2.21. The van der Waals surface area contributed by atoms with Gasteiger partial charge < -0.3 is 5.11 Å². The number of allylic oxidation sites excluding steroid dienone is 3. The van der Waals surface area contributed by atoms with Crippen molar-refractivity contribution in [3.05, 3.63) is 37.5 Å². The Morgan fingerprint density at radius 3 is 2.42 bits per heavy atom. The maximum absolute atomic E-state index is 9.46. The van der Waals surface area contributed by atoms with Crippen LogP contribution >= 0.6 is 0 Å². The van der Waals surface area contributed by atoms with Crippen molar-refractivity contribution in [2.75, 3.05) is 0 Å². The van der Waals surface area contributed by atoms with Crippen LogP contribution in [0.15, 0.2) is 37.5 Å². The summed E-state index contributed by atoms with van der Waals surface area (Å²) < 4.78 is 0. The van der Waals surface area contributed by atoms with Gasteiger partial charge in [-0.2, -0.15) is 0 Å². The van der Waals surface area contributed by atoms with E-state index in [1.54, 1.807) is 18.2 Å². The smallest absolute Gasteiger partial charge is 0.0732 e. The Hall–Kier alpha value is -0.820. The first-order valence-corrected chi connectivity index (χ1v) is 4.13. The van der Waals surface area contributed by atoms with Crippen molar-refractivity contribution < 1.29 is 5.11 Å². The second kappa shape index (κ2) is 4.94. The van der Waals surface area contributed by atoms with Crippen LogP contribution in [0.5, 0.6) is 0 Å². The molecule has 0 saturated heterocycles. The maximum atomic E-state index is 9.46. The molecular weight excluding hydrogens is 148 g/mol. The molecule has 1 atom stereocenters. The summed E-state index contributed by atoms with van der Waals surface area (Å²) in [4.78, 5) is 0. The molecule has 0 saturated carbocycles. The lowest BCUT2D eigenvalue weighted by molar-refractivity contribution is 0.174. The standard InChI is InChI=1S/C11H18O/c1-5-7-8-10(12)9-11(3,4)6-2/h5-8,10,12H,1-2,9H2,3-4H3/b8-7+. The molecule has 0 spiro atoms. The molecule has 0 rings (SSSR count). The fraction of sp³-hybridized carbons (Fsp3) is 0.455. The quantitative estimate of drug-likeness (QED) is 0.492. The van der Waals surface area contributed by atoms with E-state index in [1.807, 2.05) is 19.9 Å². The molecule has 0 aromatic heterocycles. The monoisotopic (exact) mass is 166 g/mol. The molecule has 12 heavy (non-hydrogen) atoms. The van der Waals surface area contributed by atoms with Gasteiger partial charge in [0.15, 0.2) is 0 Å². The van der Waals surface area contributed by atoms with Crippen LogP contribution in [-0.4, -0.2) is 11.2 Å². The molecule has 1 nitrogen and oxygen atoms in total. The minimum Gasteiger partial charge on any atom is -0.389 e. The van der Waals surface area contributed by atoms with E-state index in [-0.39, 0.29) is 5.41 Å². The van der Waals surface area contributed by atoms with E-state index in [2.05, 4.69) is 13.2 Å². The van der Waals surface area contributed by atoms with Gasteiger partial charge in [-0.1, -0.05) is 44.7 Å². The normalized spacial score (nSPS) is 14.6. The molecule has 0 fully saturated rings. The summed E-state index contributed by atoms with van der Waals surface area (Å²) in [5.41, 5.74) is -0.00900. The third-order valence-corrected chi connectivity index (χ3v) is 1.76. The summed E-state index contributed by atoms with van der Waals surface area (Å²) in [5, 5.41) is 9.46. The van der Waals surface area contributed by atoms with Crippen LogP contribution < -0.4 is 0 Å². The summed E-state index contributed by atoms with van der Waals surface area (Å²) in [5.74, 6) is 0. The second-order valence-corrected chi connectivity index (χ2v) is 3.58. The largest absolute Gasteiger partial charge is 0.389 e. The predicted octanol–water partition coefficient (Wildman–Crippen LogP) is 2.69. The van der Waals surface area contributed by atoms with Gasteiger partial charge in [0.2, 0.25) is 0 Å². The molecule has 0 aromatic carbocycles. The molecule has 1 N–H and O–H groups in total. The molecule has 0 amide bonds. The van der Waals surface area contributed by atoms with E-state index in [1.165, 1.54) is 0 Å². The van der Waals surface area contributed by atoms with Crippen molar-refractivity contribution in [3.8, 4) is 0 Å². The van der Waals surface area contributed by atoms with Gasteiger partial charge in [-0.25, -0.2) is 0 Å². The van der Waals surface area contributed by atoms with Gasteiger partial charge in [-0.15, -0.1) is 6.58 Å². The van der Waals surface area contributed by atoms with Gasteiger partial charge in [0, 0.05) is 0 Å². The molecule has 1 unspecified atom stereocenters. The number of aliphatic hydroxyl groups excluding tert-OH is 1. The molecule has 0 aromatic rings. The van der Waals surface area contributed by atoms with Gasteiger partial charge in [0.1, 0.15) is 0 Å². The lowest BCUT2D eigenvalue weighted by Crippen LogP contribution is -2.16. The van der Waals surface area contributed by atoms with Crippen LogP contribution in [0.25, 0.3) is 0 Å². The van der Waals surface area contributed by atoms with Gasteiger partial charge >= 0.3 is 0 Å². The average Bonchev–Trinajstić information content (AvgIpc) is 2.00. The Balaban J connectivity index is 3.99. The second-order valence-electron chi connectivity index (χ2n) is 3.58. The molecule has 0 aliphatic carbocycles. The molecular formula is C11H18O. The summed E-state index contributed by atoms with van der Waals surface area (Å²) in [7, 11) is 0. The lowest BCUT2D eigenvalue weighted by atomic mass is 9.87. The molecule has 0 radical (unpaired) electrons. The summed E-state index contributed by atoms with van der Waals surface area (Å²) in [6, 6.07) is 0. The Bertz CT molecular complexity index is 177. The third kappa shape index (κ3) is 4.91. The Labute approximate surface area is 75.1 Å². The number of hydrogen-bond donors (Lipinski definition) is 1. The van der Waals surface area contributed by atoms with E-state index >= 15 is 0 Å². The van der Waals surface area contributed by atoms with E-state index in [4.69, 9.17) is 0 Å². The van der Waals surface area contributed by atoms with Gasteiger partial charge in [0.05, 0.1) is 6.10 Å². The van der Waals surface area contributed by atoms with Crippen LogP contribution in [0.1, 0.15) is 20.3 Å². The van der Waals surface area contributed by atoms with Crippen molar-refractivity contribution in [1.82, 2.24) is 0 Å². The third-order valence-electron chi connectivity index (χ3n) is 1.76. The van der Waals surface area contributed by atoms with Crippen LogP contribution in [0.2, 0.25) is 0 Å². The first kappa shape index (κ1) is 11.2. The van der Waals surface area contributed by atoms with Gasteiger partial charge in [-0.3, -0.25) is 0 Å². The highest BCUT2D eigenvalue weighted by Crippen LogP contribution is 2.23. The van der Waals surface area contributed by atoms with E-state index < -0.39 is 6.10 Å². The van der Waals surface area contributed by atoms with Crippen LogP contribution in [0.4, 0.5) is 0 Å². The predicted molar refractivity (Wildman–Crippen MR) is 53.9 cm³/mol. The van der Waals surface area contributed by atoms with Crippen LogP contribution in [0.3, 0.4) is 0 Å². The van der Waals surface area contributed by atoms with E-state index in [0.717, 1.165) is 0 Å². The van der Waals surface area contributed by atoms with Gasteiger partial charge in [0.25, 0.3) is 0 Å². The highest BCUT2D eigenvalue weighted by Gasteiger charge is 2.16. The van der Waals surface area contributed by atoms with Crippen molar-refractivity contribution >= 4 is 0 Å². The summed E-state index contributed by atoms with van der Waals surface area (Å²) in [6.45, 7) is 11.3. The Kier molecular flexibility index (Phi) is 4.60. The van der Waals surface area contributed by atoms with E-state index in [9.17, 15) is 5.11 Å².